The van der Waals surface area contributed by atoms with Crippen LogP contribution in [0.1, 0.15) is 89.5 Å². The minimum absolute atomic E-state index is 0.0386. The number of carbonyl (C=O) groups is 3. The van der Waals surface area contributed by atoms with E-state index in [9.17, 15) is 53.3 Å². The minimum atomic E-state index is -4.69. The molecule has 66 heavy (non-hydrogen) atoms. The number of methoxy groups -OCH3 is 1. The van der Waals surface area contributed by atoms with E-state index in [1.165, 1.54) is 18.2 Å². The quantitative estimate of drug-likeness (QED) is 0.0546. The summed E-state index contributed by atoms with van der Waals surface area (Å²) in [6, 6.07) is 11.6. The van der Waals surface area contributed by atoms with Crippen LogP contribution >= 0.6 is 0 Å². The van der Waals surface area contributed by atoms with Crippen LogP contribution in [-0.4, -0.2) is 120 Å². The van der Waals surface area contributed by atoms with E-state index in [4.69, 9.17) is 18.7 Å². The summed E-state index contributed by atoms with van der Waals surface area (Å²) in [7, 11) is -11.7. The molecule has 1 saturated heterocycles. The Hall–Kier alpha value is -4.81. The van der Waals surface area contributed by atoms with Gasteiger partial charge in [-0.05, 0) is 85.2 Å². The second kappa shape index (κ2) is 21.4. The molecular formula is C44H58N3O16S3+. The Morgan fingerprint density at radius 2 is 1.56 bits per heavy atom. The van der Waals surface area contributed by atoms with E-state index in [1.54, 1.807) is 37.2 Å². The van der Waals surface area contributed by atoms with E-state index in [1.807, 2.05) is 49.6 Å². The van der Waals surface area contributed by atoms with Crippen LogP contribution < -0.4 is 14.8 Å². The van der Waals surface area contributed by atoms with E-state index in [0.717, 1.165) is 11.1 Å². The Morgan fingerprint density at radius 1 is 0.879 bits per heavy atom. The topological polar surface area (TPSA) is 265 Å². The van der Waals surface area contributed by atoms with Gasteiger partial charge in [0.25, 0.3) is 42.2 Å². The molecular weight excluding hydrogens is 923 g/mol. The Balaban J connectivity index is 1.59. The average Bonchev–Trinajstić information content (AvgIpc) is 3.65. The van der Waals surface area contributed by atoms with Crippen molar-refractivity contribution in [2.24, 2.45) is 0 Å². The lowest BCUT2D eigenvalue weighted by atomic mass is 9.77. The molecule has 3 heterocycles. The number of carbonyl (C=O) groups excluding carboxylic acids is 3. The second-order valence-electron chi connectivity index (χ2n) is 17.3. The smallest absolute Gasteiger partial charge is 0.333 e. The Bertz CT molecular complexity index is 2720. The lowest BCUT2D eigenvalue weighted by molar-refractivity contribution is -0.197. The van der Waals surface area contributed by atoms with Crippen molar-refractivity contribution in [3.8, 4) is 11.3 Å². The highest BCUT2D eigenvalue weighted by Gasteiger charge is 2.44. The minimum Gasteiger partial charge on any atom is -0.456 e. The van der Waals surface area contributed by atoms with Gasteiger partial charge in [0.05, 0.1) is 35.7 Å². The molecule has 1 unspecified atom stereocenters. The van der Waals surface area contributed by atoms with Crippen LogP contribution in [-0.2, 0) is 69.9 Å². The molecule has 0 saturated carbocycles. The molecule has 1 aromatic rings. The van der Waals surface area contributed by atoms with Crippen LogP contribution in [0.2, 0.25) is 0 Å². The summed E-state index contributed by atoms with van der Waals surface area (Å²) < 4.78 is 120. The lowest BCUT2D eigenvalue weighted by Crippen LogP contribution is -2.35. The highest BCUT2D eigenvalue weighted by molar-refractivity contribution is 7.86. The summed E-state index contributed by atoms with van der Waals surface area (Å²) >= 11 is 0. The number of imide groups is 1. The van der Waals surface area contributed by atoms with Crippen LogP contribution in [0.25, 0.3) is 17.4 Å². The fraction of sp³-hybridized carbons (Fsp3) is 0.500. The van der Waals surface area contributed by atoms with Crippen molar-refractivity contribution < 1.29 is 72.0 Å². The summed E-state index contributed by atoms with van der Waals surface area (Å²) in [6.45, 7) is 9.74. The maximum absolute atomic E-state index is 12.9. The molecule has 0 aromatic heterocycles. The SMILES string of the molecule is COCCOCC[N+](CCCS(=O)(=O)O)=c1ccc2c(C(C)(C)C)cc(/C=C/C=C3/N(CCCS(=O)(=O)O)c4ccc(S(=O)(=O)O)cc4C3(C)CCCC(=O)ON3C(=O)CCC3=O)oc-2c1. The largest absolute Gasteiger partial charge is 0.456 e. The van der Waals surface area contributed by atoms with Gasteiger partial charge in [0.15, 0.2) is 6.54 Å². The highest BCUT2D eigenvalue weighted by Crippen LogP contribution is 2.51. The molecule has 1 aromatic carbocycles. The summed E-state index contributed by atoms with van der Waals surface area (Å²) in [5, 5.41) is 1.17. The number of anilines is 1. The Kier molecular flexibility index (Phi) is 16.9. The van der Waals surface area contributed by atoms with E-state index < -0.39 is 70.0 Å². The molecule has 5 rings (SSSR count). The molecule has 1 atom stereocenters. The molecule has 22 heteroatoms. The maximum atomic E-state index is 12.9. The first-order valence-corrected chi connectivity index (χ1v) is 25.9. The third kappa shape index (κ3) is 13.9. The van der Waals surface area contributed by atoms with Gasteiger partial charge in [-0.25, -0.2) is 9.37 Å². The van der Waals surface area contributed by atoms with E-state index in [0.29, 0.717) is 65.3 Å². The van der Waals surface area contributed by atoms with Crippen molar-refractivity contribution in [2.75, 3.05) is 63.0 Å². The first-order chi connectivity index (χ1) is 30.8. The number of hydrogen-bond acceptors (Lipinski definition) is 14. The normalized spacial score (nSPS) is 18.3. The van der Waals surface area contributed by atoms with Gasteiger partial charge in [0, 0.05) is 67.8 Å². The van der Waals surface area contributed by atoms with Crippen LogP contribution in [0.3, 0.4) is 0 Å². The number of ether oxygens (including phenoxy) is 2. The van der Waals surface area contributed by atoms with Gasteiger partial charge in [0.2, 0.25) is 5.36 Å². The van der Waals surface area contributed by atoms with Crippen molar-refractivity contribution in [3.05, 3.63) is 82.6 Å². The molecule has 19 nitrogen and oxygen atoms in total. The predicted molar refractivity (Wildman–Crippen MR) is 243 cm³/mol. The molecule has 2 amide bonds. The van der Waals surface area contributed by atoms with Crippen LogP contribution in [0, 0.1) is 0 Å². The summed E-state index contributed by atoms with van der Waals surface area (Å²) in [6.07, 6.45) is 5.15. The molecule has 1 fully saturated rings. The monoisotopic (exact) mass is 980 g/mol. The van der Waals surface area contributed by atoms with Crippen LogP contribution in [0.4, 0.5) is 5.69 Å². The van der Waals surface area contributed by atoms with E-state index in [2.05, 4.69) is 0 Å². The second-order valence-corrected chi connectivity index (χ2v) is 21.9. The highest BCUT2D eigenvalue weighted by atomic mass is 32.2. The van der Waals surface area contributed by atoms with Gasteiger partial charge < -0.3 is 23.6 Å². The number of amides is 2. The zero-order valence-electron chi connectivity index (χ0n) is 37.6. The third-order valence-corrected chi connectivity index (χ3v) is 13.7. The number of rotatable bonds is 22. The average molecular weight is 981 g/mol. The van der Waals surface area contributed by atoms with Gasteiger partial charge in [-0.2, -0.15) is 25.3 Å². The number of nitrogens with zero attached hydrogens (tertiary/aromatic N) is 3. The van der Waals surface area contributed by atoms with Gasteiger partial charge in [-0.3, -0.25) is 23.2 Å². The molecule has 3 aliphatic heterocycles. The van der Waals surface area contributed by atoms with Gasteiger partial charge in [0.1, 0.15) is 24.7 Å². The standard InChI is InChI=1S/C44H57N3O16S3/c1-43(2,3)35-29-32(62-38-28-31(13-15-34(35)38)45(20-8-26-64(51,52)53)22-23-61-25-24-60-5)10-6-11-39-44(4,19-7-12-42(50)63-47-40(48)17-18-41(47)49)36-30-33(66(57,58)59)14-16-37(36)46(39)21-9-27-65(54,55)56/h6,10-11,13-16,28-30H,7-9,12,17-27H2,1-5H3,(H2-,51,52,53,54,55,56,57,58,59)/p+1. The van der Waals surface area contributed by atoms with Crippen molar-refractivity contribution in [3.63, 3.8) is 0 Å². The van der Waals surface area contributed by atoms with E-state index >= 15 is 0 Å². The first kappa shape index (κ1) is 52.2. The van der Waals surface area contributed by atoms with Gasteiger partial charge in [-0.15, -0.1) is 5.06 Å². The zero-order valence-corrected chi connectivity index (χ0v) is 40.0. The van der Waals surface area contributed by atoms with E-state index in [-0.39, 0.29) is 63.5 Å². The number of hydrogen-bond donors (Lipinski definition) is 3. The van der Waals surface area contributed by atoms with Crippen LogP contribution in [0.5, 0.6) is 0 Å². The van der Waals surface area contributed by atoms with Gasteiger partial charge in [-0.1, -0.05) is 26.8 Å². The summed E-state index contributed by atoms with van der Waals surface area (Å²) in [5.41, 5.74) is 1.75. The van der Waals surface area contributed by atoms with Gasteiger partial charge >= 0.3 is 5.97 Å². The first-order valence-electron chi connectivity index (χ1n) is 21.3. The maximum Gasteiger partial charge on any atom is 0.333 e. The van der Waals surface area contributed by atoms with Crippen LogP contribution in [0.15, 0.2) is 69.6 Å². The summed E-state index contributed by atoms with van der Waals surface area (Å²) in [4.78, 5) is 43.5. The number of benzene rings is 2. The number of fused-ring (bicyclic) bond motifs is 2. The molecule has 3 N–H and O–H groups in total. The molecule has 0 bridgehead atoms. The molecule has 0 radical (unpaired) electrons. The predicted octanol–water partition coefficient (Wildman–Crippen LogP) is 4.37. The zero-order chi connectivity index (χ0) is 48.7. The van der Waals surface area contributed by atoms with Crippen molar-refractivity contribution >= 4 is 59.9 Å². The van der Waals surface area contributed by atoms with Crippen molar-refractivity contribution in [1.82, 2.24) is 9.64 Å². The molecule has 1 aliphatic carbocycles. The fourth-order valence-electron chi connectivity index (χ4n) is 8.05. The molecule has 4 aliphatic rings. The van der Waals surface area contributed by atoms with Crippen molar-refractivity contribution in [2.45, 2.75) is 88.4 Å². The Morgan fingerprint density at radius 3 is 2.20 bits per heavy atom. The molecule has 0 spiro atoms. The Labute approximate surface area is 385 Å². The lowest BCUT2D eigenvalue weighted by Gasteiger charge is -2.30. The number of hydroxylamine groups is 2. The molecule has 362 valence electrons. The number of allylic oxidation sites excluding steroid dienone is 3. The third-order valence-electron chi connectivity index (χ3n) is 11.3. The summed E-state index contributed by atoms with van der Waals surface area (Å²) in [5.74, 6) is -2.17. The fourth-order valence-corrected chi connectivity index (χ4v) is 9.54. The van der Waals surface area contributed by atoms with Crippen molar-refractivity contribution in [1.29, 1.82) is 0 Å².